The maximum atomic E-state index is 5.04. The maximum absolute atomic E-state index is 5.04. The number of H-pyrrole nitrogens is 1. The smallest absolute Gasteiger partial charge is 0.0755 e. The van der Waals surface area contributed by atoms with E-state index in [0.717, 1.165) is 34.0 Å². The highest BCUT2D eigenvalue weighted by Crippen LogP contribution is 2.40. The number of benzene rings is 2. The van der Waals surface area contributed by atoms with E-state index in [4.69, 9.17) is 4.98 Å². The fraction of sp³-hybridized carbons (Fsp3) is 0.158. The molecule has 0 saturated heterocycles. The van der Waals surface area contributed by atoms with Crippen molar-refractivity contribution in [3.63, 3.8) is 0 Å². The van der Waals surface area contributed by atoms with Crippen molar-refractivity contribution < 1.29 is 0 Å². The van der Waals surface area contributed by atoms with E-state index in [1.54, 1.807) is 0 Å². The van der Waals surface area contributed by atoms with E-state index in [1.165, 1.54) is 33.9 Å². The zero-order valence-electron chi connectivity index (χ0n) is 12.4. The third-order valence-electron chi connectivity index (χ3n) is 4.77. The second-order valence-electron chi connectivity index (χ2n) is 6.04. The average molecular weight is 364 g/mol. The van der Waals surface area contributed by atoms with Crippen LogP contribution in [0, 0.1) is 0 Å². The first-order chi connectivity index (χ1) is 11.3. The lowest BCUT2D eigenvalue weighted by molar-refractivity contribution is 0.913. The summed E-state index contributed by atoms with van der Waals surface area (Å²) in [6.45, 7) is 0. The van der Waals surface area contributed by atoms with Crippen LogP contribution in [-0.4, -0.2) is 15.2 Å². The Hall–Kier alpha value is -2.20. The highest BCUT2D eigenvalue weighted by molar-refractivity contribution is 9.10. The van der Waals surface area contributed by atoms with Gasteiger partial charge in [-0.15, -0.1) is 0 Å². The summed E-state index contributed by atoms with van der Waals surface area (Å²) < 4.78 is 1.10. The number of aryl methyl sites for hydroxylation is 1. The van der Waals surface area contributed by atoms with E-state index in [2.05, 4.69) is 56.5 Å². The van der Waals surface area contributed by atoms with Gasteiger partial charge in [0.1, 0.15) is 0 Å². The van der Waals surface area contributed by atoms with E-state index >= 15 is 0 Å². The first kappa shape index (κ1) is 13.3. The molecule has 0 aliphatic heterocycles. The maximum Gasteiger partial charge on any atom is 0.0755 e. The number of aromatic amines is 1. The predicted molar refractivity (Wildman–Crippen MR) is 96.6 cm³/mol. The van der Waals surface area contributed by atoms with Gasteiger partial charge >= 0.3 is 0 Å². The van der Waals surface area contributed by atoms with Crippen molar-refractivity contribution in [1.82, 2.24) is 15.2 Å². The van der Waals surface area contributed by atoms with Crippen LogP contribution in [0.25, 0.3) is 33.1 Å². The quantitative estimate of drug-likeness (QED) is 0.515. The van der Waals surface area contributed by atoms with Gasteiger partial charge in [-0.2, -0.15) is 5.10 Å². The molecule has 0 radical (unpaired) electrons. The molecule has 0 unspecified atom stereocenters. The molecule has 5 rings (SSSR count). The second-order valence-corrected chi connectivity index (χ2v) is 6.90. The minimum Gasteiger partial charge on any atom is -0.278 e. The van der Waals surface area contributed by atoms with Crippen LogP contribution in [-0.2, 0) is 12.8 Å². The zero-order chi connectivity index (χ0) is 15.4. The molecular formula is C19H14BrN3. The normalized spacial score (nSPS) is 13.8. The van der Waals surface area contributed by atoms with Crippen molar-refractivity contribution in [3.8, 4) is 11.3 Å². The minimum absolute atomic E-state index is 1.06. The number of rotatable bonds is 1. The molecule has 0 bridgehead atoms. The molecule has 2 aromatic heterocycles. The van der Waals surface area contributed by atoms with Gasteiger partial charge in [-0.25, -0.2) is 4.98 Å². The van der Waals surface area contributed by atoms with Crippen LogP contribution < -0.4 is 0 Å². The molecule has 3 nitrogen and oxygen atoms in total. The fourth-order valence-electron chi connectivity index (χ4n) is 3.76. The Labute approximate surface area is 141 Å². The molecule has 0 atom stereocenters. The van der Waals surface area contributed by atoms with Crippen LogP contribution in [0.1, 0.15) is 17.5 Å². The SMILES string of the molecule is Brc1ccccc1-c1nc2ccc3[nH]ncc3c2c2c1CCC2. The van der Waals surface area contributed by atoms with Crippen molar-refractivity contribution in [2.75, 3.05) is 0 Å². The van der Waals surface area contributed by atoms with E-state index in [9.17, 15) is 0 Å². The lowest BCUT2D eigenvalue weighted by Gasteiger charge is -2.13. The van der Waals surface area contributed by atoms with Gasteiger partial charge in [0.2, 0.25) is 0 Å². The summed E-state index contributed by atoms with van der Waals surface area (Å²) in [6, 6.07) is 12.5. The molecule has 4 heteroatoms. The molecule has 1 aliphatic carbocycles. The Morgan fingerprint density at radius 3 is 2.78 bits per heavy atom. The lowest BCUT2D eigenvalue weighted by atomic mass is 9.97. The summed E-state index contributed by atoms with van der Waals surface area (Å²) in [5.74, 6) is 0. The van der Waals surface area contributed by atoms with Crippen LogP contribution in [0.15, 0.2) is 47.1 Å². The van der Waals surface area contributed by atoms with Crippen LogP contribution in [0.5, 0.6) is 0 Å². The number of aromatic nitrogens is 3. The number of nitrogens with zero attached hydrogens (tertiary/aromatic N) is 2. The van der Waals surface area contributed by atoms with Gasteiger partial charge in [-0.3, -0.25) is 5.10 Å². The number of pyridine rings is 1. The van der Waals surface area contributed by atoms with Gasteiger partial charge in [0, 0.05) is 20.8 Å². The van der Waals surface area contributed by atoms with Crippen LogP contribution in [0.4, 0.5) is 0 Å². The summed E-state index contributed by atoms with van der Waals surface area (Å²) >= 11 is 3.68. The van der Waals surface area contributed by atoms with E-state index < -0.39 is 0 Å². The number of hydrogen-bond acceptors (Lipinski definition) is 2. The first-order valence-corrected chi connectivity index (χ1v) is 8.64. The Balaban J connectivity index is 1.93. The van der Waals surface area contributed by atoms with E-state index in [0.29, 0.717) is 0 Å². The van der Waals surface area contributed by atoms with E-state index in [-0.39, 0.29) is 0 Å². The minimum atomic E-state index is 1.06. The molecule has 0 amide bonds. The number of fused-ring (bicyclic) bond motifs is 5. The number of halogens is 1. The Kier molecular flexibility index (Phi) is 2.82. The van der Waals surface area contributed by atoms with Crippen LogP contribution in [0.2, 0.25) is 0 Å². The molecule has 0 fully saturated rings. The summed E-state index contributed by atoms with van der Waals surface area (Å²) in [5.41, 5.74) is 7.30. The number of hydrogen-bond donors (Lipinski definition) is 1. The molecular weight excluding hydrogens is 350 g/mol. The topological polar surface area (TPSA) is 41.6 Å². The van der Waals surface area contributed by atoms with Gasteiger partial charge in [-0.05, 0) is 48.6 Å². The third kappa shape index (κ3) is 1.88. The van der Waals surface area contributed by atoms with E-state index in [1.807, 2.05) is 12.3 Å². The zero-order valence-corrected chi connectivity index (χ0v) is 14.0. The monoisotopic (exact) mass is 363 g/mol. The molecule has 23 heavy (non-hydrogen) atoms. The second kappa shape index (κ2) is 4.90. The average Bonchev–Trinajstić information content (AvgIpc) is 3.23. The van der Waals surface area contributed by atoms with Gasteiger partial charge in [0.15, 0.2) is 0 Å². The molecule has 0 spiro atoms. The van der Waals surface area contributed by atoms with Crippen molar-refractivity contribution >= 4 is 37.7 Å². The molecule has 0 saturated carbocycles. The Morgan fingerprint density at radius 1 is 1.00 bits per heavy atom. The van der Waals surface area contributed by atoms with Crippen LogP contribution >= 0.6 is 15.9 Å². The third-order valence-corrected chi connectivity index (χ3v) is 5.46. The summed E-state index contributed by atoms with van der Waals surface area (Å²) in [4.78, 5) is 5.04. The Bertz CT molecular complexity index is 1070. The molecule has 1 N–H and O–H groups in total. The molecule has 112 valence electrons. The summed E-state index contributed by atoms with van der Waals surface area (Å²) in [7, 11) is 0. The largest absolute Gasteiger partial charge is 0.278 e. The molecule has 2 heterocycles. The Morgan fingerprint density at radius 2 is 1.87 bits per heavy atom. The molecule has 1 aliphatic rings. The van der Waals surface area contributed by atoms with Gasteiger partial charge in [0.25, 0.3) is 0 Å². The van der Waals surface area contributed by atoms with Crippen LogP contribution in [0.3, 0.4) is 0 Å². The van der Waals surface area contributed by atoms with Crippen molar-refractivity contribution in [2.45, 2.75) is 19.3 Å². The standard InChI is InChI=1S/C19H14BrN3/c20-15-7-2-1-4-13(15)19-12-6-3-5-11(12)18-14-10-21-23-16(14)8-9-17(18)22-19/h1-2,4,7-10H,3,5-6H2,(H,21,23). The highest BCUT2D eigenvalue weighted by Gasteiger charge is 2.23. The van der Waals surface area contributed by atoms with Gasteiger partial charge < -0.3 is 0 Å². The first-order valence-electron chi connectivity index (χ1n) is 7.85. The van der Waals surface area contributed by atoms with Crippen molar-refractivity contribution in [2.24, 2.45) is 0 Å². The number of nitrogens with one attached hydrogen (secondary N) is 1. The lowest BCUT2D eigenvalue weighted by Crippen LogP contribution is -1.96. The fourth-order valence-corrected chi connectivity index (χ4v) is 4.23. The van der Waals surface area contributed by atoms with Gasteiger partial charge in [-0.1, -0.05) is 34.1 Å². The summed E-state index contributed by atoms with van der Waals surface area (Å²) in [5, 5.41) is 9.75. The van der Waals surface area contributed by atoms with Gasteiger partial charge in [0.05, 0.1) is 22.9 Å². The molecule has 4 aromatic rings. The summed E-state index contributed by atoms with van der Waals surface area (Å²) in [6.07, 6.45) is 5.34. The predicted octanol–water partition coefficient (Wildman–Crippen LogP) is 5.03. The highest BCUT2D eigenvalue weighted by atomic mass is 79.9. The van der Waals surface area contributed by atoms with Crippen molar-refractivity contribution in [1.29, 1.82) is 0 Å². The van der Waals surface area contributed by atoms with Crippen molar-refractivity contribution in [3.05, 3.63) is 58.2 Å². The molecule has 2 aromatic carbocycles.